The fourth-order valence-electron chi connectivity index (χ4n) is 11.4. The van der Waals surface area contributed by atoms with Crippen molar-refractivity contribution >= 4 is 39.8 Å². The second-order valence-electron chi connectivity index (χ2n) is 25.2. The van der Waals surface area contributed by atoms with Crippen molar-refractivity contribution in [2.75, 3.05) is 49.4 Å². The smallest absolute Gasteiger partial charge is 0.376 e. The van der Waals surface area contributed by atoms with E-state index in [4.69, 9.17) is 19.3 Å². The zero-order valence-corrected chi connectivity index (χ0v) is 52.5. The average Bonchev–Trinajstić information content (AvgIpc) is 4.33. The molecule has 2 aromatic heterocycles. The Bertz CT molecular complexity index is 2310. The van der Waals surface area contributed by atoms with E-state index in [1.807, 2.05) is 0 Å². The fraction of sp³-hybridized carbons (Fsp3) is 0.682. The van der Waals surface area contributed by atoms with Crippen LogP contribution in [-0.4, -0.2) is 121 Å². The van der Waals surface area contributed by atoms with Crippen LogP contribution in [0.25, 0.3) is 0 Å². The number of ether oxygens (including phenoxy) is 3. The Morgan fingerprint density at radius 1 is 0.524 bits per heavy atom. The first-order valence-corrected chi connectivity index (χ1v) is 33.5. The number of imidazole rings is 2. The molecular formula is C66H102F4N4O8S2+2. The van der Waals surface area contributed by atoms with E-state index in [1.54, 1.807) is 24.8 Å². The molecule has 2 saturated heterocycles. The number of carbonyl (C=O) groups is 3. The maximum absolute atomic E-state index is 12.8. The van der Waals surface area contributed by atoms with Crippen LogP contribution in [-0.2, 0) is 56.4 Å². The quantitative estimate of drug-likeness (QED) is 0.104. The number of hydrogen-bond donors (Lipinski definition) is 2. The number of nitrogens with zero attached hydrogens (tertiary/aromatic N) is 4. The van der Waals surface area contributed by atoms with Gasteiger partial charge in [0, 0.05) is 60.4 Å². The SMILES string of the molecule is C.CC(C)(C)c1ccc([S+]2CCOCC2)cc1.CC(C)(C)c1ccc([S+]2CCOCC2)cc1.CC(F)(F)C(=O)O.CC(F)(F)C(=O)OC1CCC(C2CCCCC2)CC1.O=C(n1ccnc1)n1ccnc1.OC1CCC(C2CCCCC2)CC1. The van der Waals surface area contributed by atoms with Gasteiger partial charge in [0.2, 0.25) is 0 Å². The van der Waals surface area contributed by atoms with Gasteiger partial charge in [0.15, 0.2) is 9.79 Å². The van der Waals surface area contributed by atoms with Crippen molar-refractivity contribution in [2.24, 2.45) is 23.7 Å². The summed E-state index contributed by atoms with van der Waals surface area (Å²) in [5, 5.41) is 16.9. The van der Waals surface area contributed by atoms with Crippen LogP contribution in [0.2, 0.25) is 0 Å². The second-order valence-corrected chi connectivity index (χ2v) is 29.7. The second kappa shape index (κ2) is 35.5. The number of rotatable bonds is 7. The lowest BCUT2D eigenvalue weighted by molar-refractivity contribution is -0.177. The van der Waals surface area contributed by atoms with E-state index in [1.165, 1.54) is 143 Å². The average molecular weight is 1220 g/mol. The molecule has 4 aromatic rings. The van der Waals surface area contributed by atoms with Gasteiger partial charge in [-0.3, -0.25) is 9.13 Å². The van der Waals surface area contributed by atoms with Crippen LogP contribution in [0, 0.1) is 23.7 Å². The zero-order chi connectivity index (χ0) is 60.6. The molecule has 6 fully saturated rings. The normalized spacial score (nSPS) is 22.1. The van der Waals surface area contributed by atoms with E-state index in [-0.39, 0.29) is 36.5 Å². The first kappa shape index (κ1) is 72.2. The van der Waals surface area contributed by atoms with Crippen LogP contribution in [0.5, 0.6) is 0 Å². The summed E-state index contributed by atoms with van der Waals surface area (Å²) in [5.41, 5.74) is 3.37. The molecule has 472 valence electrons. The van der Waals surface area contributed by atoms with E-state index in [0.29, 0.717) is 35.6 Å². The van der Waals surface area contributed by atoms with Crippen molar-refractivity contribution < 1.29 is 56.4 Å². The third-order valence-corrected chi connectivity index (χ3v) is 21.1. The lowest BCUT2D eigenvalue weighted by Crippen LogP contribution is -2.34. The van der Waals surface area contributed by atoms with E-state index in [9.17, 15) is 37.1 Å². The Balaban J connectivity index is 0.000000220. The van der Waals surface area contributed by atoms with Crippen molar-refractivity contribution in [2.45, 2.75) is 223 Å². The van der Waals surface area contributed by atoms with Gasteiger partial charge in [-0.05, 0) is 121 Å². The molecule has 0 spiro atoms. The molecule has 10 rings (SSSR count). The van der Waals surface area contributed by atoms with Crippen LogP contribution in [0.1, 0.15) is 190 Å². The summed E-state index contributed by atoms with van der Waals surface area (Å²) in [6.45, 7) is 18.2. The Kier molecular flexibility index (Phi) is 30.6. The lowest BCUT2D eigenvalue weighted by Gasteiger charge is -2.35. The number of carboxylic acids is 1. The fourth-order valence-corrected chi connectivity index (χ4v) is 15.1. The van der Waals surface area contributed by atoms with E-state index in [0.717, 1.165) is 88.6 Å². The first-order chi connectivity index (χ1) is 39.3. The van der Waals surface area contributed by atoms with Gasteiger partial charge in [-0.2, -0.15) is 17.6 Å². The molecule has 4 saturated carbocycles. The number of aliphatic hydroxyl groups is 1. The highest BCUT2D eigenvalue weighted by Crippen LogP contribution is 2.40. The Morgan fingerprint density at radius 2 is 0.857 bits per heavy atom. The van der Waals surface area contributed by atoms with Crippen LogP contribution in [0.3, 0.4) is 0 Å². The third kappa shape index (κ3) is 25.6. The summed E-state index contributed by atoms with van der Waals surface area (Å²) < 4.78 is 66.5. The lowest BCUT2D eigenvalue weighted by atomic mass is 9.73. The summed E-state index contributed by atoms with van der Waals surface area (Å²) in [6, 6.07) is 18.2. The molecule has 6 aliphatic rings. The Labute approximate surface area is 506 Å². The Morgan fingerprint density at radius 3 is 1.15 bits per heavy atom. The summed E-state index contributed by atoms with van der Waals surface area (Å²) in [7, 11) is 0.864. The molecule has 0 unspecified atom stereocenters. The van der Waals surface area contributed by atoms with Crippen molar-refractivity contribution in [1.29, 1.82) is 0 Å². The molecular weight excluding hydrogens is 1120 g/mol. The molecule has 0 amide bonds. The molecule has 0 atom stereocenters. The molecule has 0 radical (unpaired) electrons. The number of carboxylic acid groups (broad SMARTS) is 1. The van der Waals surface area contributed by atoms with E-state index < -0.39 is 23.8 Å². The van der Waals surface area contributed by atoms with Crippen LogP contribution < -0.4 is 0 Å². The molecule has 4 heterocycles. The highest BCUT2D eigenvalue weighted by atomic mass is 32.2. The number of aliphatic carboxylic acids is 1. The molecule has 12 nitrogen and oxygen atoms in total. The van der Waals surface area contributed by atoms with Crippen LogP contribution in [0.4, 0.5) is 22.4 Å². The number of halogens is 4. The molecule has 2 aliphatic heterocycles. The van der Waals surface area contributed by atoms with Gasteiger partial charge in [0.1, 0.15) is 41.8 Å². The molecule has 18 heteroatoms. The summed E-state index contributed by atoms with van der Waals surface area (Å²) in [6.07, 6.45) is 31.2. The monoisotopic (exact) mass is 1220 g/mol. The maximum Gasteiger partial charge on any atom is 0.376 e. The minimum Gasteiger partial charge on any atom is -0.477 e. The molecule has 2 aromatic carbocycles. The molecule has 4 aliphatic carbocycles. The predicted molar refractivity (Wildman–Crippen MR) is 332 cm³/mol. The van der Waals surface area contributed by atoms with Gasteiger partial charge in [0.05, 0.1) is 32.5 Å². The molecule has 84 heavy (non-hydrogen) atoms. The van der Waals surface area contributed by atoms with Gasteiger partial charge in [-0.1, -0.05) is 137 Å². The summed E-state index contributed by atoms with van der Waals surface area (Å²) in [4.78, 5) is 42.4. The summed E-state index contributed by atoms with van der Waals surface area (Å²) in [5.74, 6) is -2.07. The highest BCUT2D eigenvalue weighted by Gasteiger charge is 2.38. The van der Waals surface area contributed by atoms with Crippen molar-refractivity contribution in [3.63, 3.8) is 0 Å². The van der Waals surface area contributed by atoms with Gasteiger partial charge in [0.25, 0.3) is 0 Å². The number of alkyl halides is 4. The zero-order valence-electron chi connectivity index (χ0n) is 50.9. The molecule has 0 bridgehead atoms. The standard InChI is InChI=1S/C15H24F2O2.2C14H21OS.C12H22O.C7H6N4O.C3H4F2O2.CH4/c1-15(16,17)14(18)19-13-9-7-12(8-10-13)11-5-3-2-4-6-11;2*1-14(2,3)12-4-6-13(7-5-12)16-10-8-15-9-11-16;13-12-8-6-11(7-9-12)10-4-2-1-3-5-10;12-7(10-3-1-8-5-10)11-4-2-9-6-11;1-3(4,5)2(6)7;/h11-13H,2-10H2,1H3;2*4-7H,8-11H2,1-3H3;10-13H,1-9H2;1-6H;1H3,(H,6,7);1H4/q;2*+1;;;;. The van der Waals surface area contributed by atoms with Gasteiger partial charge in [-0.25, -0.2) is 24.4 Å². The van der Waals surface area contributed by atoms with E-state index >= 15 is 0 Å². The first-order valence-electron chi connectivity index (χ1n) is 30.4. The minimum absolute atomic E-state index is 0. The van der Waals surface area contributed by atoms with E-state index in [2.05, 4.69) is 100 Å². The van der Waals surface area contributed by atoms with Crippen molar-refractivity contribution in [3.05, 3.63) is 97.1 Å². The number of benzene rings is 2. The third-order valence-electron chi connectivity index (χ3n) is 16.6. The maximum atomic E-state index is 12.8. The van der Waals surface area contributed by atoms with Gasteiger partial charge in [-0.15, -0.1) is 0 Å². The number of esters is 1. The highest BCUT2D eigenvalue weighted by molar-refractivity contribution is 7.97. The predicted octanol–water partition coefficient (Wildman–Crippen LogP) is 15.4. The van der Waals surface area contributed by atoms with Gasteiger partial charge < -0.3 is 24.4 Å². The molecule has 2 N–H and O–H groups in total. The largest absolute Gasteiger partial charge is 0.477 e. The minimum atomic E-state index is -3.58. The van der Waals surface area contributed by atoms with Crippen molar-refractivity contribution in [3.8, 4) is 0 Å². The summed E-state index contributed by atoms with van der Waals surface area (Å²) >= 11 is 0. The van der Waals surface area contributed by atoms with Crippen LogP contribution in [0.15, 0.2) is 95.8 Å². The number of hydrogen-bond acceptors (Lipinski definition) is 9. The number of aliphatic hydroxyl groups excluding tert-OH is 1. The number of carbonyl (C=O) groups excluding carboxylic acids is 2. The van der Waals surface area contributed by atoms with Crippen molar-refractivity contribution in [1.82, 2.24) is 19.1 Å². The topological polar surface area (TPSA) is 155 Å². The van der Waals surface area contributed by atoms with Crippen LogP contribution >= 0.6 is 0 Å². The van der Waals surface area contributed by atoms with Gasteiger partial charge >= 0.3 is 29.8 Å². The Hall–Kier alpha value is -4.23. The number of aromatic nitrogens is 4.